The molecular weight excluding hydrogens is 260 g/mol. The Balaban J connectivity index is 2.17. The molecule has 1 N–H and O–H groups in total. The maximum absolute atomic E-state index is 9.29. The van der Waals surface area contributed by atoms with Gasteiger partial charge < -0.3 is 5.11 Å². The van der Waals surface area contributed by atoms with Crippen LogP contribution in [0.1, 0.15) is 65.2 Å². The first kappa shape index (κ1) is 18.4. The van der Waals surface area contributed by atoms with E-state index in [0.717, 1.165) is 37.1 Å². The van der Waals surface area contributed by atoms with Crippen LogP contribution in [0.2, 0.25) is 0 Å². The normalized spacial score (nSPS) is 22.1. The van der Waals surface area contributed by atoms with Crippen molar-refractivity contribution in [2.45, 2.75) is 65.2 Å². The summed E-state index contributed by atoms with van der Waals surface area (Å²) < 4.78 is 0.934. The number of hydrogen-bond donors (Lipinski definition) is 1. The van der Waals surface area contributed by atoms with E-state index in [1.54, 1.807) is 0 Å². The quantitative estimate of drug-likeness (QED) is 0.330. The zero-order chi connectivity index (χ0) is 15.4. The summed E-state index contributed by atoms with van der Waals surface area (Å²) in [6, 6.07) is 0. The summed E-state index contributed by atoms with van der Waals surface area (Å²) in [5.41, 5.74) is 0. The minimum absolute atomic E-state index is 0.271. The van der Waals surface area contributed by atoms with Gasteiger partial charge >= 0.3 is 0 Å². The fourth-order valence-corrected chi connectivity index (χ4v) is 3.19. The van der Waals surface area contributed by atoms with E-state index < -0.39 is 0 Å². The Labute approximate surface area is 131 Å². The smallest absolute Gasteiger partial charge is 0.198 e. The van der Waals surface area contributed by atoms with Crippen LogP contribution in [0.3, 0.4) is 0 Å². The van der Waals surface area contributed by atoms with Gasteiger partial charge in [-0.15, -0.1) is 0 Å². The summed E-state index contributed by atoms with van der Waals surface area (Å²) in [4.78, 5) is 4.71. The molecule has 1 unspecified atom stereocenters. The first-order valence-corrected chi connectivity index (χ1v) is 8.95. The van der Waals surface area contributed by atoms with Gasteiger partial charge in [-0.1, -0.05) is 31.9 Å². The van der Waals surface area contributed by atoms with Crippen LogP contribution in [0.25, 0.3) is 0 Å². The summed E-state index contributed by atoms with van der Waals surface area (Å²) in [7, 11) is 0. The second-order valence-corrected chi connectivity index (χ2v) is 6.14. The second-order valence-electron chi connectivity index (χ2n) is 6.14. The highest BCUT2D eigenvalue weighted by Crippen LogP contribution is 2.19. The minimum atomic E-state index is 0.271. The Morgan fingerprint density at radius 2 is 1.81 bits per heavy atom. The van der Waals surface area contributed by atoms with Gasteiger partial charge in [0.2, 0.25) is 0 Å². The van der Waals surface area contributed by atoms with Gasteiger partial charge in [0.25, 0.3) is 0 Å². The molecule has 0 aromatic carbocycles. The molecule has 0 aromatic rings. The molecule has 0 fully saturated rings. The van der Waals surface area contributed by atoms with Crippen LogP contribution in [-0.2, 0) is 0 Å². The Morgan fingerprint density at radius 3 is 2.43 bits per heavy atom. The molecule has 0 amide bonds. The zero-order valence-electron chi connectivity index (χ0n) is 14.2. The number of aliphatic hydroxyl groups excluding tert-OH is 1. The van der Waals surface area contributed by atoms with Gasteiger partial charge in [0.1, 0.15) is 13.1 Å². The molecule has 1 rings (SSSR count). The largest absolute Gasteiger partial charge is 0.390 e. The van der Waals surface area contributed by atoms with Gasteiger partial charge in [0.05, 0.1) is 19.7 Å². The van der Waals surface area contributed by atoms with Gasteiger partial charge in [-0.05, 0) is 39.0 Å². The van der Waals surface area contributed by atoms with E-state index >= 15 is 0 Å². The van der Waals surface area contributed by atoms with Crippen molar-refractivity contribution in [2.75, 3.05) is 32.8 Å². The minimum Gasteiger partial charge on any atom is -0.390 e. The van der Waals surface area contributed by atoms with Crippen LogP contribution >= 0.6 is 0 Å². The third-order valence-electron chi connectivity index (χ3n) is 4.67. The number of likely N-dealkylation sites (N-methyl/N-ethyl adjacent to an activating group) is 1. The average molecular weight is 295 g/mol. The standard InChI is InChI=1S/C18H35N2O/c1-3-5-6-7-8-9-10-11-12-13-18-19-14-15-20(18,4-2)16-17-21/h8-9,21H,3-7,10-17H2,1-2H3/q+1/b9-8+. The van der Waals surface area contributed by atoms with Gasteiger partial charge in [0, 0.05) is 6.42 Å². The lowest BCUT2D eigenvalue weighted by molar-refractivity contribution is -0.835. The fourth-order valence-electron chi connectivity index (χ4n) is 3.19. The molecule has 0 bridgehead atoms. The number of rotatable bonds is 12. The highest BCUT2D eigenvalue weighted by atomic mass is 16.3. The zero-order valence-corrected chi connectivity index (χ0v) is 14.2. The van der Waals surface area contributed by atoms with Crippen molar-refractivity contribution >= 4 is 5.84 Å². The summed E-state index contributed by atoms with van der Waals surface area (Å²) in [5, 5.41) is 9.29. The third kappa shape index (κ3) is 6.31. The van der Waals surface area contributed by atoms with E-state index in [-0.39, 0.29) is 6.61 Å². The van der Waals surface area contributed by atoms with Crippen LogP contribution in [0, 0.1) is 0 Å². The molecule has 122 valence electrons. The molecule has 1 aliphatic rings. The van der Waals surface area contributed by atoms with Crippen molar-refractivity contribution in [1.29, 1.82) is 0 Å². The first-order chi connectivity index (χ1) is 10.3. The number of quaternary nitrogens is 1. The summed E-state index contributed by atoms with van der Waals surface area (Å²) in [6.07, 6.45) is 14.7. The van der Waals surface area contributed by atoms with Crippen molar-refractivity contribution in [2.24, 2.45) is 4.99 Å². The number of nitrogens with zero attached hydrogens (tertiary/aromatic N) is 2. The van der Waals surface area contributed by atoms with E-state index in [0.29, 0.717) is 0 Å². The Kier molecular flexibility index (Phi) is 9.60. The Hall–Kier alpha value is -0.670. The van der Waals surface area contributed by atoms with Crippen molar-refractivity contribution in [1.82, 2.24) is 0 Å². The summed E-state index contributed by atoms with van der Waals surface area (Å²) in [6.45, 7) is 8.68. The number of unbranched alkanes of at least 4 members (excludes halogenated alkanes) is 5. The van der Waals surface area contributed by atoms with Gasteiger partial charge in [0.15, 0.2) is 5.84 Å². The number of hydrogen-bond acceptors (Lipinski definition) is 2. The lowest BCUT2D eigenvalue weighted by Gasteiger charge is -2.33. The van der Waals surface area contributed by atoms with E-state index in [1.165, 1.54) is 50.8 Å². The molecule has 0 radical (unpaired) electrons. The summed E-state index contributed by atoms with van der Waals surface area (Å²) >= 11 is 0. The molecular formula is C18H35N2O+. The SMILES string of the molecule is CCCCC/C=C/CCCCC1=NCC[N+]1(CC)CCO. The fraction of sp³-hybridized carbons (Fsp3) is 0.833. The van der Waals surface area contributed by atoms with Crippen molar-refractivity contribution in [3.63, 3.8) is 0 Å². The average Bonchev–Trinajstić information content (AvgIpc) is 2.89. The monoisotopic (exact) mass is 295 g/mol. The number of aliphatic hydroxyl groups is 1. The topological polar surface area (TPSA) is 32.6 Å². The van der Waals surface area contributed by atoms with Crippen LogP contribution in [-0.4, -0.2) is 48.2 Å². The van der Waals surface area contributed by atoms with Gasteiger partial charge in [-0.25, -0.2) is 4.99 Å². The van der Waals surface area contributed by atoms with E-state index in [2.05, 4.69) is 26.0 Å². The first-order valence-electron chi connectivity index (χ1n) is 8.95. The second kappa shape index (κ2) is 11.0. The highest BCUT2D eigenvalue weighted by Gasteiger charge is 2.35. The molecule has 21 heavy (non-hydrogen) atoms. The van der Waals surface area contributed by atoms with Crippen molar-refractivity contribution in [3.05, 3.63) is 12.2 Å². The lowest BCUT2D eigenvalue weighted by Crippen LogP contribution is -2.52. The molecule has 1 atom stereocenters. The van der Waals surface area contributed by atoms with Crippen molar-refractivity contribution in [3.8, 4) is 0 Å². The van der Waals surface area contributed by atoms with Crippen molar-refractivity contribution < 1.29 is 9.59 Å². The molecule has 0 saturated heterocycles. The number of allylic oxidation sites excluding steroid dienone is 2. The van der Waals surface area contributed by atoms with Crippen LogP contribution in [0.4, 0.5) is 0 Å². The Morgan fingerprint density at radius 1 is 1.10 bits per heavy atom. The van der Waals surface area contributed by atoms with Crippen LogP contribution < -0.4 is 0 Å². The molecule has 0 aromatic heterocycles. The van der Waals surface area contributed by atoms with E-state index in [1.807, 2.05) is 0 Å². The van der Waals surface area contributed by atoms with Crippen LogP contribution in [0.5, 0.6) is 0 Å². The predicted molar refractivity (Wildman–Crippen MR) is 91.7 cm³/mol. The molecule has 3 heteroatoms. The Bertz CT molecular complexity index is 325. The highest BCUT2D eigenvalue weighted by molar-refractivity contribution is 5.76. The van der Waals surface area contributed by atoms with E-state index in [4.69, 9.17) is 4.99 Å². The predicted octanol–water partition coefficient (Wildman–Crippen LogP) is 3.92. The summed E-state index contributed by atoms with van der Waals surface area (Å²) in [5.74, 6) is 1.33. The van der Waals surface area contributed by atoms with Gasteiger partial charge in [-0.2, -0.15) is 0 Å². The molecule has 0 aliphatic carbocycles. The molecule has 1 aliphatic heterocycles. The maximum atomic E-state index is 9.29. The number of amidine groups is 1. The number of aliphatic imine (C=N–C) groups is 1. The van der Waals surface area contributed by atoms with Crippen LogP contribution in [0.15, 0.2) is 17.1 Å². The molecule has 1 heterocycles. The third-order valence-corrected chi connectivity index (χ3v) is 4.67. The van der Waals surface area contributed by atoms with E-state index in [9.17, 15) is 5.11 Å². The maximum Gasteiger partial charge on any atom is 0.198 e. The lowest BCUT2D eigenvalue weighted by atomic mass is 10.1. The molecule has 0 saturated carbocycles. The van der Waals surface area contributed by atoms with Gasteiger partial charge in [-0.3, -0.25) is 4.48 Å². The molecule has 3 nitrogen and oxygen atoms in total. The molecule has 0 spiro atoms.